The Bertz CT molecular complexity index is 973. The van der Waals surface area contributed by atoms with E-state index >= 15 is 0 Å². The van der Waals surface area contributed by atoms with Crippen LogP contribution in [0.5, 0.6) is 5.75 Å². The summed E-state index contributed by atoms with van der Waals surface area (Å²) in [5.41, 5.74) is 2.81. The van der Waals surface area contributed by atoms with Gasteiger partial charge in [-0.05, 0) is 73.3 Å². The first-order valence-corrected chi connectivity index (χ1v) is 10.3. The van der Waals surface area contributed by atoms with Gasteiger partial charge in [0.25, 0.3) is 0 Å². The van der Waals surface area contributed by atoms with Crippen molar-refractivity contribution in [3.63, 3.8) is 0 Å². The largest absolute Gasteiger partial charge is 0.487 e. The lowest BCUT2D eigenvalue weighted by atomic mass is 10.1. The second-order valence-corrected chi connectivity index (χ2v) is 8.13. The summed E-state index contributed by atoms with van der Waals surface area (Å²) in [4.78, 5) is 11.1. The molecule has 0 amide bonds. The van der Waals surface area contributed by atoms with Crippen molar-refractivity contribution in [3.05, 3.63) is 91.3 Å². The molecule has 0 unspecified atom stereocenters. The Balaban J connectivity index is 1.70. The van der Waals surface area contributed by atoms with Gasteiger partial charge in [0.05, 0.1) is 25.2 Å². The van der Waals surface area contributed by atoms with E-state index in [0.717, 1.165) is 25.8 Å². The zero-order chi connectivity index (χ0) is 20.1. The van der Waals surface area contributed by atoms with E-state index in [1.807, 2.05) is 42.5 Å². The van der Waals surface area contributed by atoms with Gasteiger partial charge in [0.1, 0.15) is 12.4 Å². The number of rotatable bonds is 7. The second kappa shape index (κ2) is 9.45. The Morgan fingerprint density at radius 1 is 1.00 bits per heavy atom. The van der Waals surface area contributed by atoms with E-state index in [1.54, 1.807) is 6.07 Å². The number of carboxylic acid groups (broad SMARTS) is 1. The minimum atomic E-state index is -0.995. The molecule has 3 rings (SSSR count). The van der Waals surface area contributed by atoms with Gasteiger partial charge >= 0.3 is 5.97 Å². The number of aromatic carboxylic acids is 1. The van der Waals surface area contributed by atoms with Gasteiger partial charge < -0.3 is 15.2 Å². The van der Waals surface area contributed by atoms with Gasteiger partial charge in [0, 0.05) is 6.54 Å². The molecule has 0 aromatic heterocycles. The van der Waals surface area contributed by atoms with Crippen LogP contribution in [0.4, 0.5) is 5.69 Å². The van der Waals surface area contributed by atoms with Crippen LogP contribution in [-0.4, -0.2) is 11.1 Å². The number of ether oxygens (including phenoxy) is 1. The minimum absolute atomic E-state index is 0.180. The van der Waals surface area contributed by atoms with Crippen LogP contribution in [-0.2, 0) is 13.2 Å². The molecule has 0 aliphatic heterocycles. The van der Waals surface area contributed by atoms with E-state index < -0.39 is 5.97 Å². The SMILES string of the molecule is O=C(O)c1ccc(Cl)c(NCc2cc(Br)c(OCc3ccccc3)c(Br)c2)c1. The predicted octanol–water partition coefficient (Wildman–Crippen LogP) is 6.75. The average molecular weight is 526 g/mol. The topological polar surface area (TPSA) is 58.6 Å². The zero-order valence-corrected chi connectivity index (χ0v) is 18.5. The first-order valence-electron chi connectivity index (χ1n) is 8.35. The normalized spacial score (nSPS) is 10.5. The first kappa shape index (κ1) is 20.7. The van der Waals surface area contributed by atoms with Gasteiger partial charge in [-0.1, -0.05) is 41.9 Å². The van der Waals surface area contributed by atoms with Crippen LogP contribution in [0.25, 0.3) is 0 Å². The molecule has 0 saturated carbocycles. The summed E-state index contributed by atoms with van der Waals surface area (Å²) in [5, 5.41) is 12.8. The average Bonchev–Trinajstić information content (AvgIpc) is 2.67. The van der Waals surface area contributed by atoms with E-state index in [9.17, 15) is 4.79 Å². The minimum Gasteiger partial charge on any atom is -0.487 e. The maximum absolute atomic E-state index is 11.1. The van der Waals surface area contributed by atoms with Crippen molar-refractivity contribution in [1.82, 2.24) is 0 Å². The highest BCUT2D eigenvalue weighted by Crippen LogP contribution is 2.36. The molecule has 0 saturated heterocycles. The molecule has 28 heavy (non-hydrogen) atoms. The number of carboxylic acids is 1. The van der Waals surface area contributed by atoms with Gasteiger partial charge in [-0.2, -0.15) is 0 Å². The van der Waals surface area contributed by atoms with Gasteiger partial charge in [0.15, 0.2) is 0 Å². The fourth-order valence-corrected chi connectivity index (χ4v) is 4.27. The number of nitrogens with one attached hydrogen (secondary N) is 1. The van der Waals surface area contributed by atoms with Crippen molar-refractivity contribution < 1.29 is 14.6 Å². The lowest BCUT2D eigenvalue weighted by Gasteiger charge is -2.14. The second-order valence-electron chi connectivity index (χ2n) is 6.02. The van der Waals surface area contributed by atoms with Crippen LogP contribution < -0.4 is 10.1 Å². The molecule has 0 radical (unpaired) electrons. The Morgan fingerprint density at radius 3 is 2.32 bits per heavy atom. The smallest absolute Gasteiger partial charge is 0.335 e. The highest BCUT2D eigenvalue weighted by molar-refractivity contribution is 9.11. The number of hydrogen-bond acceptors (Lipinski definition) is 3. The summed E-state index contributed by atoms with van der Waals surface area (Å²) >= 11 is 13.3. The standard InChI is InChI=1S/C21H16Br2ClNO3/c22-16-8-14(11-25-19-10-15(21(26)27)6-7-18(19)24)9-17(23)20(16)28-12-13-4-2-1-3-5-13/h1-10,25H,11-12H2,(H,26,27). The molecule has 4 nitrogen and oxygen atoms in total. The molecule has 3 aromatic rings. The molecule has 0 aliphatic carbocycles. The first-order chi connectivity index (χ1) is 13.4. The van der Waals surface area contributed by atoms with E-state index in [-0.39, 0.29) is 5.56 Å². The maximum Gasteiger partial charge on any atom is 0.335 e. The van der Waals surface area contributed by atoms with Crippen molar-refractivity contribution in [2.75, 3.05) is 5.32 Å². The number of hydrogen-bond donors (Lipinski definition) is 2. The summed E-state index contributed by atoms with van der Waals surface area (Å²) in [5.74, 6) is -0.274. The van der Waals surface area contributed by atoms with Crippen molar-refractivity contribution in [2.45, 2.75) is 13.2 Å². The summed E-state index contributed by atoms with van der Waals surface area (Å²) in [7, 11) is 0. The predicted molar refractivity (Wildman–Crippen MR) is 118 cm³/mol. The molecule has 0 bridgehead atoms. The summed E-state index contributed by atoms with van der Waals surface area (Å²) in [6.07, 6.45) is 0. The van der Waals surface area contributed by atoms with Gasteiger partial charge in [-0.25, -0.2) is 4.79 Å². The molecule has 0 heterocycles. The summed E-state index contributed by atoms with van der Waals surface area (Å²) < 4.78 is 7.57. The van der Waals surface area contributed by atoms with E-state index in [2.05, 4.69) is 37.2 Å². The van der Waals surface area contributed by atoms with E-state index in [4.69, 9.17) is 21.4 Å². The van der Waals surface area contributed by atoms with Crippen LogP contribution >= 0.6 is 43.5 Å². The highest BCUT2D eigenvalue weighted by Gasteiger charge is 2.11. The molecule has 144 valence electrons. The third-order valence-electron chi connectivity index (χ3n) is 3.98. The quantitative estimate of drug-likeness (QED) is 0.358. The Hall–Kier alpha value is -2.02. The van der Waals surface area contributed by atoms with Gasteiger partial charge in [0.2, 0.25) is 0 Å². The molecule has 2 N–H and O–H groups in total. The van der Waals surface area contributed by atoms with Crippen molar-refractivity contribution in [3.8, 4) is 5.75 Å². The van der Waals surface area contributed by atoms with Crippen molar-refractivity contribution in [2.24, 2.45) is 0 Å². The van der Waals surface area contributed by atoms with Gasteiger partial charge in [-0.3, -0.25) is 0 Å². The number of halogens is 3. The third kappa shape index (κ3) is 5.28. The Morgan fingerprint density at radius 2 is 1.68 bits per heavy atom. The van der Waals surface area contributed by atoms with E-state index in [0.29, 0.717) is 23.9 Å². The maximum atomic E-state index is 11.1. The molecule has 0 aliphatic rings. The van der Waals surface area contributed by atoms with Crippen LogP contribution in [0, 0.1) is 0 Å². The van der Waals surface area contributed by atoms with Crippen LogP contribution in [0.15, 0.2) is 69.6 Å². The lowest BCUT2D eigenvalue weighted by molar-refractivity contribution is 0.0697. The molecular weight excluding hydrogens is 509 g/mol. The third-order valence-corrected chi connectivity index (χ3v) is 5.49. The van der Waals surface area contributed by atoms with Crippen molar-refractivity contribution >= 4 is 55.1 Å². The molecule has 7 heteroatoms. The monoisotopic (exact) mass is 523 g/mol. The number of benzene rings is 3. The number of carbonyl (C=O) groups is 1. The van der Waals surface area contributed by atoms with Crippen molar-refractivity contribution in [1.29, 1.82) is 0 Å². The summed E-state index contributed by atoms with van der Waals surface area (Å²) in [6.45, 7) is 0.937. The van der Waals surface area contributed by atoms with Crippen LogP contribution in [0.3, 0.4) is 0 Å². The molecule has 3 aromatic carbocycles. The van der Waals surface area contributed by atoms with Crippen LogP contribution in [0.2, 0.25) is 5.02 Å². The molecule has 0 atom stereocenters. The number of anilines is 1. The Kier molecular flexibility index (Phi) is 6.99. The molecule has 0 fully saturated rings. The fourth-order valence-electron chi connectivity index (χ4n) is 2.57. The fraction of sp³-hybridized carbons (Fsp3) is 0.0952. The van der Waals surface area contributed by atoms with Crippen LogP contribution in [0.1, 0.15) is 21.5 Å². The Labute approximate surface area is 184 Å². The summed E-state index contributed by atoms with van der Waals surface area (Å²) in [6, 6.07) is 18.4. The van der Waals surface area contributed by atoms with E-state index in [1.165, 1.54) is 12.1 Å². The molecule has 0 spiro atoms. The molecular formula is C21H16Br2ClNO3. The van der Waals surface area contributed by atoms with Gasteiger partial charge in [-0.15, -0.1) is 0 Å². The highest BCUT2D eigenvalue weighted by atomic mass is 79.9. The zero-order valence-electron chi connectivity index (χ0n) is 14.6. The lowest BCUT2D eigenvalue weighted by Crippen LogP contribution is -2.04.